The van der Waals surface area contributed by atoms with Gasteiger partial charge < -0.3 is 10.2 Å². The molecule has 1 aliphatic heterocycles. The first-order valence-electron chi connectivity index (χ1n) is 10.9. The van der Waals surface area contributed by atoms with E-state index in [1.165, 1.54) is 0 Å². The molecule has 0 aromatic carbocycles. The summed E-state index contributed by atoms with van der Waals surface area (Å²) in [5.41, 5.74) is 2.36. The van der Waals surface area contributed by atoms with Gasteiger partial charge in [-0.1, -0.05) is 6.07 Å². The number of pyridine rings is 2. The van der Waals surface area contributed by atoms with Gasteiger partial charge in [-0.3, -0.25) is 19.1 Å². The van der Waals surface area contributed by atoms with Crippen molar-refractivity contribution in [2.75, 3.05) is 38.1 Å². The van der Waals surface area contributed by atoms with Crippen LogP contribution in [-0.2, 0) is 6.42 Å². The van der Waals surface area contributed by atoms with E-state index in [0.717, 1.165) is 30.9 Å². The van der Waals surface area contributed by atoms with Crippen LogP contribution in [0.5, 0.6) is 0 Å². The summed E-state index contributed by atoms with van der Waals surface area (Å²) in [6, 6.07) is 9.30. The standard InChI is InChI=1S/C23H25N9O/c1-30-12-13-31(23-26-9-3-10-27-23)16-19(30)21-29-28-20-6-5-18(15-32(20)21)22(33)25-11-7-17-4-2-8-24-14-17/h2-6,8-10,14-15,19H,7,11-13,16H2,1H3,(H,25,33)/t19-/m1/s1. The summed E-state index contributed by atoms with van der Waals surface area (Å²) in [5, 5.41) is 11.8. The van der Waals surface area contributed by atoms with E-state index in [1.54, 1.807) is 24.7 Å². The highest BCUT2D eigenvalue weighted by Crippen LogP contribution is 2.25. The van der Waals surface area contributed by atoms with Gasteiger partial charge in [0, 0.05) is 57.2 Å². The molecule has 1 saturated heterocycles. The van der Waals surface area contributed by atoms with Crippen LogP contribution in [0.3, 0.4) is 0 Å². The number of aromatic nitrogens is 6. The van der Waals surface area contributed by atoms with Crippen LogP contribution in [0.15, 0.2) is 61.3 Å². The second kappa shape index (κ2) is 9.29. The number of fused-ring (bicyclic) bond motifs is 1. The first kappa shape index (κ1) is 21.0. The number of nitrogens with zero attached hydrogens (tertiary/aromatic N) is 8. The number of carbonyl (C=O) groups is 1. The van der Waals surface area contributed by atoms with E-state index >= 15 is 0 Å². The Morgan fingerprint density at radius 2 is 1.97 bits per heavy atom. The molecule has 5 heterocycles. The zero-order chi connectivity index (χ0) is 22.6. The Morgan fingerprint density at radius 3 is 2.79 bits per heavy atom. The highest BCUT2D eigenvalue weighted by atomic mass is 16.1. The minimum atomic E-state index is -0.128. The van der Waals surface area contributed by atoms with Crippen molar-refractivity contribution < 1.29 is 4.79 Å². The van der Waals surface area contributed by atoms with Gasteiger partial charge >= 0.3 is 0 Å². The van der Waals surface area contributed by atoms with Crippen LogP contribution in [0, 0.1) is 0 Å². The molecule has 33 heavy (non-hydrogen) atoms. The number of amides is 1. The molecule has 168 valence electrons. The monoisotopic (exact) mass is 443 g/mol. The number of rotatable bonds is 6. The van der Waals surface area contributed by atoms with E-state index < -0.39 is 0 Å². The Hall–Kier alpha value is -3.92. The molecule has 0 unspecified atom stereocenters. The number of piperazine rings is 1. The lowest BCUT2D eigenvalue weighted by molar-refractivity contribution is 0.0953. The highest BCUT2D eigenvalue weighted by molar-refractivity contribution is 5.94. The summed E-state index contributed by atoms with van der Waals surface area (Å²) in [5.74, 6) is 1.37. The molecular formula is C23H25N9O. The van der Waals surface area contributed by atoms with Crippen LogP contribution in [0.2, 0.25) is 0 Å². The van der Waals surface area contributed by atoms with Crippen LogP contribution >= 0.6 is 0 Å². The van der Waals surface area contributed by atoms with E-state index in [4.69, 9.17) is 0 Å². The number of carbonyl (C=O) groups excluding carboxylic acids is 1. The second-order valence-electron chi connectivity index (χ2n) is 8.06. The lowest BCUT2D eigenvalue weighted by Crippen LogP contribution is -2.47. The van der Waals surface area contributed by atoms with Crippen LogP contribution in [-0.4, -0.2) is 73.6 Å². The molecule has 1 N–H and O–H groups in total. The molecule has 1 fully saturated rings. The van der Waals surface area contributed by atoms with Crippen LogP contribution in [0.4, 0.5) is 5.95 Å². The molecule has 4 aromatic heterocycles. The lowest BCUT2D eigenvalue weighted by Gasteiger charge is -2.38. The average molecular weight is 444 g/mol. The highest BCUT2D eigenvalue weighted by Gasteiger charge is 2.30. The summed E-state index contributed by atoms with van der Waals surface area (Å²) in [6.45, 7) is 2.89. The molecule has 1 amide bonds. The lowest BCUT2D eigenvalue weighted by atomic mass is 10.1. The number of nitrogens with one attached hydrogen (secondary N) is 1. The van der Waals surface area contributed by atoms with Gasteiger partial charge in [-0.2, -0.15) is 0 Å². The fraction of sp³-hybridized carbons (Fsp3) is 0.304. The van der Waals surface area contributed by atoms with E-state index in [9.17, 15) is 4.79 Å². The van der Waals surface area contributed by atoms with Crippen LogP contribution < -0.4 is 10.2 Å². The fourth-order valence-corrected chi connectivity index (χ4v) is 4.03. The summed E-state index contributed by atoms with van der Waals surface area (Å²) in [7, 11) is 2.07. The Balaban J connectivity index is 1.33. The fourth-order valence-electron chi connectivity index (χ4n) is 4.03. The van der Waals surface area contributed by atoms with Gasteiger partial charge in [0.25, 0.3) is 5.91 Å². The van der Waals surface area contributed by atoms with E-state index in [-0.39, 0.29) is 11.9 Å². The van der Waals surface area contributed by atoms with Crippen molar-refractivity contribution in [3.05, 3.63) is 78.3 Å². The SMILES string of the molecule is CN1CCN(c2ncccn2)C[C@@H]1c1nnc2ccc(C(=O)NCCc3cccnc3)cn12. The summed E-state index contributed by atoms with van der Waals surface area (Å²) < 4.78 is 1.91. The first-order valence-corrected chi connectivity index (χ1v) is 10.9. The maximum Gasteiger partial charge on any atom is 0.252 e. The predicted octanol–water partition coefficient (Wildman–Crippen LogP) is 1.38. The summed E-state index contributed by atoms with van der Waals surface area (Å²) in [4.78, 5) is 30.1. The Labute approximate surface area is 191 Å². The third-order valence-corrected chi connectivity index (χ3v) is 5.89. The van der Waals surface area contributed by atoms with Crippen molar-refractivity contribution in [2.24, 2.45) is 0 Å². The van der Waals surface area contributed by atoms with Gasteiger partial charge in [0.2, 0.25) is 5.95 Å². The maximum atomic E-state index is 12.8. The van der Waals surface area contributed by atoms with Crippen molar-refractivity contribution in [3.63, 3.8) is 0 Å². The van der Waals surface area contributed by atoms with Gasteiger partial charge in [0.05, 0.1) is 11.6 Å². The molecule has 0 spiro atoms. The Kier molecular flexibility index (Phi) is 5.90. The molecule has 10 heteroatoms. The number of anilines is 1. The molecule has 4 aromatic rings. The normalized spacial score (nSPS) is 16.8. The molecule has 0 radical (unpaired) electrons. The van der Waals surface area contributed by atoms with E-state index in [1.807, 2.05) is 41.1 Å². The second-order valence-corrected chi connectivity index (χ2v) is 8.06. The molecule has 0 bridgehead atoms. The molecule has 0 aliphatic carbocycles. The minimum Gasteiger partial charge on any atom is -0.352 e. The van der Waals surface area contributed by atoms with Gasteiger partial charge in [-0.25, -0.2) is 9.97 Å². The number of hydrogen-bond acceptors (Lipinski definition) is 8. The minimum absolute atomic E-state index is 0.0125. The van der Waals surface area contributed by atoms with Crippen molar-refractivity contribution >= 4 is 17.5 Å². The van der Waals surface area contributed by atoms with E-state index in [2.05, 4.69) is 47.3 Å². The van der Waals surface area contributed by atoms with Crippen molar-refractivity contribution in [3.8, 4) is 0 Å². The number of hydrogen-bond donors (Lipinski definition) is 1. The molecule has 5 rings (SSSR count). The van der Waals surface area contributed by atoms with E-state index in [0.29, 0.717) is 30.2 Å². The van der Waals surface area contributed by atoms with Crippen molar-refractivity contribution in [1.29, 1.82) is 0 Å². The number of likely N-dealkylation sites (N-methyl/N-ethyl adjacent to an activating group) is 1. The van der Waals surface area contributed by atoms with Gasteiger partial charge in [0.1, 0.15) is 0 Å². The molecular weight excluding hydrogens is 418 g/mol. The molecule has 0 saturated carbocycles. The quantitative estimate of drug-likeness (QED) is 0.477. The van der Waals surface area contributed by atoms with Gasteiger partial charge in [-0.15, -0.1) is 10.2 Å². The smallest absolute Gasteiger partial charge is 0.252 e. The summed E-state index contributed by atoms with van der Waals surface area (Å²) >= 11 is 0. The van der Waals surface area contributed by atoms with Crippen LogP contribution in [0.25, 0.3) is 5.65 Å². The van der Waals surface area contributed by atoms with Crippen molar-refractivity contribution in [2.45, 2.75) is 12.5 Å². The van der Waals surface area contributed by atoms with Crippen LogP contribution in [0.1, 0.15) is 27.8 Å². The average Bonchev–Trinajstić information content (AvgIpc) is 3.28. The molecule has 1 aliphatic rings. The predicted molar refractivity (Wildman–Crippen MR) is 123 cm³/mol. The van der Waals surface area contributed by atoms with Gasteiger partial charge in [0.15, 0.2) is 11.5 Å². The third kappa shape index (κ3) is 4.51. The first-order chi connectivity index (χ1) is 16.2. The zero-order valence-corrected chi connectivity index (χ0v) is 18.4. The zero-order valence-electron chi connectivity index (χ0n) is 18.4. The Bertz CT molecular complexity index is 1230. The summed E-state index contributed by atoms with van der Waals surface area (Å²) in [6.07, 6.45) is 9.60. The maximum absolute atomic E-state index is 12.8. The third-order valence-electron chi connectivity index (χ3n) is 5.89. The largest absolute Gasteiger partial charge is 0.352 e. The van der Waals surface area contributed by atoms with Crippen molar-refractivity contribution in [1.82, 2.24) is 39.8 Å². The van der Waals surface area contributed by atoms with Gasteiger partial charge in [-0.05, 0) is 43.3 Å². The molecule has 1 atom stereocenters. The molecule has 10 nitrogen and oxygen atoms in total. The topological polar surface area (TPSA) is 104 Å². The Morgan fingerprint density at radius 1 is 1.09 bits per heavy atom.